The summed E-state index contributed by atoms with van der Waals surface area (Å²) in [6.45, 7) is 7.93. The SMILES string of the molecule is Cn1nnc(CNCC(Cl)CC(C)(C)C)n1. The molecule has 0 aromatic carbocycles. The molecular weight excluding hydrogens is 226 g/mol. The molecule has 0 radical (unpaired) electrons. The van der Waals surface area contributed by atoms with Crippen LogP contribution in [0.1, 0.15) is 33.0 Å². The van der Waals surface area contributed by atoms with Crippen molar-refractivity contribution in [3.63, 3.8) is 0 Å². The predicted octanol–water partition coefficient (Wildman–Crippen LogP) is 1.34. The first-order chi connectivity index (χ1) is 7.37. The summed E-state index contributed by atoms with van der Waals surface area (Å²) in [5.74, 6) is 0.696. The molecular formula is C10H20ClN5. The normalized spacial score (nSPS) is 14.1. The maximum Gasteiger partial charge on any atom is 0.188 e. The van der Waals surface area contributed by atoms with Gasteiger partial charge in [0.15, 0.2) is 5.82 Å². The standard InChI is InChI=1S/C10H20ClN5/c1-10(2,3)5-8(11)6-12-7-9-13-15-16(4)14-9/h8,12H,5-7H2,1-4H3. The number of tetrazole rings is 1. The van der Waals surface area contributed by atoms with Crippen molar-refractivity contribution in [2.45, 2.75) is 39.1 Å². The monoisotopic (exact) mass is 245 g/mol. The fourth-order valence-corrected chi connectivity index (χ4v) is 2.04. The molecule has 6 heteroatoms. The van der Waals surface area contributed by atoms with E-state index in [0.29, 0.717) is 12.4 Å². The van der Waals surface area contributed by atoms with Crippen LogP contribution < -0.4 is 5.32 Å². The van der Waals surface area contributed by atoms with E-state index in [1.807, 2.05) is 0 Å². The van der Waals surface area contributed by atoms with Gasteiger partial charge in [-0.3, -0.25) is 0 Å². The Morgan fingerprint density at radius 2 is 2.12 bits per heavy atom. The van der Waals surface area contributed by atoms with Gasteiger partial charge in [0.2, 0.25) is 0 Å². The summed E-state index contributed by atoms with van der Waals surface area (Å²) < 4.78 is 0. The van der Waals surface area contributed by atoms with Gasteiger partial charge in [-0.15, -0.1) is 21.8 Å². The van der Waals surface area contributed by atoms with Crippen molar-refractivity contribution in [1.82, 2.24) is 25.5 Å². The topological polar surface area (TPSA) is 55.6 Å². The molecule has 16 heavy (non-hydrogen) atoms. The van der Waals surface area contributed by atoms with Crippen LogP contribution >= 0.6 is 11.6 Å². The van der Waals surface area contributed by atoms with E-state index in [9.17, 15) is 0 Å². The zero-order valence-corrected chi connectivity index (χ0v) is 11.1. The van der Waals surface area contributed by atoms with Crippen molar-refractivity contribution in [2.24, 2.45) is 12.5 Å². The summed E-state index contributed by atoms with van der Waals surface area (Å²) in [7, 11) is 1.75. The van der Waals surface area contributed by atoms with Crippen LogP contribution in [0.4, 0.5) is 0 Å². The Morgan fingerprint density at radius 1 is 1.44 bits per heavy atom. The van der Waals surface area contributed by atoms with Gasteiger partial charge < -0.3 is 5.32 Å². The molecule has 0 amide bonds. The summed E-state index contributed by atoms with van der Waals surface area (Å²) in [6, 6.07) is 0. The molecule has 92 valence electrons. The molecule has 1 rings (SSSR count). The lowest BCUT2D eigenvalue weighted by atomic mass is 9.90. The van der Waals surface area contributed by atoms with Crippen LogP contribution in [-0.2, 0) is 13.6 Å². The lowest BCUT2D eigenvalue weighted by molar-refractivity contribution is 0.364. The lowest BCUT2D eigenvalue weighted by Gasteiger charge is -2.21. The highest BCUT2D eigenvalue weighted by atomic mass is 35.5. The lowest BCUT2D eigenvalue weighted by Crippen LogP contribution is -2.26. The van der Waals surface area contributed by atoms with Crippen LogP contribution in [0.15, 0.2) is 0 Å². The minimum Gasteiger partial charge on any atom is -0.308 e. The molecule has 0 aliphatic carbocycles. The minimum absolute atomic E-state index is 0.136. The maximum atomic E-state index is 6.21. The van der Waals surface area contributed by atoms with E-state index in [1.54, 1.807) is 7.05 Å². The molecule has 1 aromatic heterocycles. The van der Waals surface area contributed by atoms with Gasteiger partial charge in [-0.2, -0.15) is 4.80 Å². The van der Waals surface area contributed by atoms with Crippen molar-refractivity contribution in [1.29, 1.82) is 0 Å². The van der Waals surface area contributed by atoms with Crippen molar-refractivity contribution in [3.05, 3.63) is 5.82 Å². The fraction of sp³-hybridized carbons (Fsp3) is 0.900. The molecule has 5 nitrogen and oxygen atoms in total. The van der Waals surface area contributed by atoms with Gasteiger partial charge in [0.05, 0.1) is 13.6 Å². The van der Waals surface area contributed by atoms with Gasteiger partial charge in [0, 0.05) is 11.9 Å². The van der Waals surface area contributed by atoms with Crippen molar-refractivity contribution >= 4 is 11.6 Å². The second-order valence-electron chi connectivity index (χ2n) is 5.19. The Labute approximate surface area is 102 Å². The maximum absolute atomic E-state index is 6.21. The Morgan fingerprint density at radius 3 is 2.62 bits per heavy atom. The van der Waals surface area contributed by atoms with Crippen LogP contribution in [0.2, 0.25) is 0 Å². The number of aromatic nitrogens is 4. The highest BCUT2D eigenvalue weighted by Crippen LogP contribution is 2.23. The van der Waals surface area contributed by atoms with Crippen LogP contribution in [0, 0.1) is 5.41 Å². The Balaban J connectivity index is 2.20. The van der Waals surface area contributed by atoms with E-state index < -0.39 is 0 Å². The van der Waals surface area contributed by atoms with E-state index in [-0.39, 0.29) is 10.8 Å². The molecule has 0 aliphatic rings. The molecule has 1 N–H and O–H groups in total. The van der Waals surface area contributed by atoms with E-state index in [4.69, 9.17) is 11.6 Å². The van der Waals surface area contributed by atoms with Gasteiger partial charge >= 0.3 is 0 Å². The van der Waals surface area contributed by atoms with Crippen LogP contribution in [0.25, 0.3) is 0 Å². The van der Waals surface area contributed by atoms with Crippen LogP contribution in [0.3, 0.4) is 0 Å². The molecule has 1 aromatic rings. The van der Waals surface area contributed by atoms with Gasteiger partial charge in [-0.1, -0.05) is 20.8 Å². The average molecular weight is 246 g/mol. The minimum atomic E-state index is 0.136. The van der Waals surface area contributed by atoms with Crippen molar-refractivity contribution in [3.8, 4) is 0 Å². The molecule has 0 saturated carbocycles. The quantitative estimate of drug-likeness (QED) is 0.796. The first-order valence-corrected chi connectivity index (χ1v) is 5.88. The van der Waals surface area contributed by atoms with E-state index >= 15 is 0 Å². The molecule has 1 unspecified atom stereocenters. The van der Waals surface area contributed by atoms with Crippen molar-refractivity contribution in [2.75, 3.05) is 6.54 Å². The highest BCUT2D eigenvalue weighted by Gasteiger charge is 2.16. The third-order valence-corrected chi connectivity index (χ3v) is 2.34. The summed E-state index contributed by atoms with van der Waals surface area (Å²) in [5.41, 5.74) is 0.263. The number of hydrogen-bond donors (Lipinski definition) is 1. The second kappa shape index (κ2) is 5.59. The number of nitrogens with one attached hydrogen (secondary N) is 1. The Bertz CT molecular complexity index is 317. The highest BCUT2D eigenvalue weighted by molar-refractivity contribution is 6.20. The number of aryl methyl sites for hydroxylation is 1. The van der Waals surface area contributed by atoms with Gasteiger partial charge in [0.25, 0.3) is 0 Å². The Kier molecular flexibility index (Phi) is 4.68. The van der Waals surface area contributed by atoms with Crippen LogP contribution in [-0.4, -0.2) is 32.1 Å². The molecule has 1 atom stereocenters. The van der Waals surface area contributed by atoms with E-state index in [2.05, 4.69) is 41.5 Å². The fourth-order valence-electron chi connectivity index (χ4n) is 1.47. The largest absolute Gasteiger partial charge is 0.308 e. The first-order valence-electron chi connectivity index (χ1n) is 5.44. The third-order valence-electron chi connectivity index (χ3n) is 2.03. The molecule has 0 fully saturated rings. The zero-order chi connectivity index (χ0) is 12.2. The number of halogens is 1. The number of alkyl halides is 1. The molecule has 0 spiro atoms. The third kappa shape index (κ3) is 5.42. The molecule has 0 aliphatic heterocycles. The Hall–Kier alpha value is -0.680. The van der Waals surface area contributed by atoms with Gasteiger partial charge in [0.1, 0.15) is 0 Å². The first kappa shape index (κ1) is 13.4. The molecule has 0 bridgehead atoms. The van der Waals surface area contributed by atoms with E-state index in [0.717, 1.165) is 13.0 Å². The smallest absolute Gasteiger partial charge is 0.188 e. The number of rotatable bonds is 5. The summed E-state index contributed by atoms with van der Waals surface area (Å²) in [5, 5.41) is 15.1. The average Bonchev–Trinajstić information content (AvgIpc) is 2.48. The molecule has 1 heterocycles. The summed E-state index contributed by atoms with van der Waals surface area (Å²) in [4.78, 5) is 1.45. The summed E-state index contributed by atoms with van der Waals surface area (Å²) >= 11 is 6.21. The second-order valence-corrected chi connectivity index (χ2v) is 5.81. The van der Waals surface area contributed by atoms with E-state index in [1.165, 1.54) is 4.80 Å². The van der Waals surface area contributed by atoms with Crippen LogP contribution in [0.5, 0.6) is 0 Å². The number of hydrogen-bond acceptors (Lipinski definition) is 4. The zero-order valence-electron chi connectivity index (χ0n) is 10.4. The number of nitrogens with zero attached hydrogens (tertiary/aromatic N) is 4. The van der Waals surface area contributed by atoms with Gasteiger partial charge in [-0.05, 0) is 17.0 Å². The predicted molar refractivity (Wildman–Crippen MR) is 64.2 cm³/mol. The summed E-state index contributed by atoms with van der Waals surface area (Å²) in [6.07, 6.45) is 0.982. The molecule has 0 saturated heterocycles. The van der Waals surface area contributed by atoms with Gasteiger partial charge in [-0.25, -0.2) is 0 Å². The van der Waals surface area contributed by atoms with Crippen molar-refractivity contribution < 1.29 is 0 Å².